The van der Waals surface area contributed by atoms with Crippen molar-refractivity contribution in [1.29, 1.82) is 0 Å². The standard InChI is InChI=1S/C10H16N2S/c1-2-5-11-6-7-12-9-10-4-3-8-13-10/h2-4,8,11-12H,1,5-7,9H2. The van der Waals surface area contributed by atoms with Crippen LogP contribution in [0.4, 0.5) is 0 Å². The van der Waals surface area contributed by atoms with Crippen LogP contribution in [0.15, 0.2) is 30.2 Å². The molecule has 0 amide bonds. The minimum absolute atomic E-state index is 0.890. The number of rotatable bonds is 7. The Labute approximate surface area is 83.7 Å². The molecule has 0 aliphatic carbocycles. The molecule has 1 rings (SSSR count). The third kappa shape index (κ3) is 4.83. The van der Waals surface area contributed by atoms with Crippen LogP contribution < -0.4 is 10.6 Å². The lowest BCUT2D eigenvalue weighted by molar-refractivity contribution is 0.639. The molecule has 3 heteroatoms. The Balaban J connectivity index is 1.93. The van der Waals surface area contributed by atoms with E-state index in [0.29, 0.717) is 0 Å². The molecule has 0 radical (unpaired) electrons. The van der Waals surface area contributed by atoms with Gasteiger partial charge in [0.2, 0.25) is 0 Å². The Kier molecular flexibility index (Phi) is 5.49. The number of nitrogens with one attached hydrogen (secondary N) is 2. The molecule has 13 heavy (non-hydrogen) atoms. The van der Waals surface area contributed by atoms with Gasteiger partial charge in [-0.3, -0.25) is 0 Å². The third-order valence-electron chi connectivity index (χ3n) is 1.65. The maximum Gasteiger partial charge on any atom is 0.0300 e. The van der Waals surface area contributed by atoms with Crippen LogP contribution in [0.3, 0.4) is 0 Å². The molecule has 1 heterocycles. The zero-order valence-electron chi connectivity index (χ0n) is 7.75. The Morgan fingerprint density at radius 2 is 2.23 bits per heavy atom. The third-order valence-corrected chi connectivity index (χ3v) is 2.52. The minimum atomic E-state index is 0.890. The molecule has 0 saturated heterocycles. The van der Waals surface area contributed by atoms with Gasteiger partial charge in [0.1, 0.15) is 0 Å². The smallest absolute Gasteiger partial charge is 0.0300 e. The van der Waals surface area contributed by atoms with Gasteiger partial charge in [-0.25, -0.2) is 0 Å². The first-order chi connectivity index (χ1) is 6.43. The Hall–Kier alpha value is -0.640. The summed E-state index contributed by atoms with van der Waals surface area (Å²) in [7, 11) is 0. The second-order valence-corrected chi connectivity index (χ2v) is 3.78. The van der Waals surface area contributed by atoms with Gasteiger partial charge in [0, 0.05) is 31.1 Å². The Bertz CT molecular complexity index is 219. The van der Waals surface area contributed by atoms with E-state index in [1.165, 1.54) is 4.88 Å². The number of thiophene rings is 1. The van der Waals surface area contributed by atoms with Crippen molar-refractivity contribution >= 4 is 11.3 Å². The summed E-state index contributed by atoms with van der Waals surface area (Å²) in [5.41, 5.74) is 0. The van der Waals surface area contributed by atoms with Crippen LogP contribution in [-0.4, -0.2) is 19.6 Å². The van der Waals surface area contributed by atoms with Gasteiger partial charge in [-0.05, 0) is 11.4 Å². The van der Waals surface area contributed by atoms with Crippen LogP contribution in [0.25, 0.3) is 0 Å². The van der Waals surface area contributed by atoms with Gasteiger partial charge in [0.25, 0.3) is 0 Å². The first kappa shape index (κ1) is 10.4. The summed E-state index contributed by atoms with van der Waals surface area (Å²) in [5.74, 6) is 0. The first-order valence-electron chi connectivity index (χ1n) is 4.48. The second kappa shape index (κ2) is 6.83. The zero-order chi connectivity index (χ0) is 9.36. The molecule has 1 aromatic rings. The first-order valence-corrected chi connectivity index (χ1v) is 5.36. The lowest BCUT2D eigenvalue weighted by atomic mass is 10.4. The maximum absolute atomic E-state index is 3.64. The molecule has 0 unspecified atom stereocenters. The highest BCUT2D eigenvalue weighted by Gasteiger charge is 1.91. The fourth-order valence-corrected chi connectivity index (χ4v) is 1.68. The van der Waals surface area contributed by atoms with Crippen molar-refractivity contribution < 1.29 is 0 Å². The Morgan fingerprint density at radius 3 is 2.92 bits per heavy atom. The van der Waals surface area contributed by atoms with Crippen molar-refractivity contribution in [3.05, 3.63) is 35.0 Å². The van der Waals surface area contributed by atoms with Crippen molar-refractivity contribution in [2.45, 2.75) is 6.54 Å². The maximum atomic E-state index is 3.64. The van der Waals surface area contributed by atoms with E-state index < -0.39 is 0 Å². The van der Waals surface area contributed by atoms with Crippen LogP contribution >= 0.6 is 11.3 Å². The molecule has 0 bridgehead atoms. The van der Waals surface area contributed by atoms with E-state index in [2.05, 4.69) is 34.7 Å². The lowest BCUT2D eigenvalue weighted by Gasteiger charge is -2.02. The van der Waals surface area contributed by atoms with E-state index in [0.717, 1.165) is 26.2 Å². The fraction of sp³-hybridized carbons (Fsp3) is 0.400. The number of hydrogen-bond acceptors (Lipinski definition) is 3. The molecule has 2 nitrogen and oxygen atoms in total. The van der Waals surface area contributed by atoms with Gasteiger partial charge in [-0.2, -0.15) is 0 Å². The van der Waals surface area contributed by atoms with E-state index in [-0.39, 0.29) is 0 Å². The Morgan fingerprint density at radius 1 is 1.38 bits per heavy atom. The quantitative estimate of drug-likeness (QED) is 0.511. The van der Waals surface area contributed by atoms with Gasteiger partial charge in [0.15, 0.2) is 0 Å². The summed E-state index contributed by atoms with van der Waals surface area (Å²) in [6, 6.07) is 4.23. The van der Waals surface area contributed by atoms with E-state index in [9.17, 15) is 0 Å². The summed E-state index contributed by atoms with van der Waals surface area (Å²) < 4.78 is 0. The van der Waals surface area contributed by atoms with Crippen molar-refractivity contribution in [2.75, 3.05) is 19.6 Å². The predicted octanol–water partition coefficient (Wildman–Crippen LogP) is 1.61. The van der Waals surface area contributed by atoms with Crippen LogP contribution in [0.1, 0.15) is 4.88 Å². The molecule has 2 N–H and O–H groups in total. The topological polar surface area (TPSA) is 24.1 Å². The molecule has 0 aliphatic rings. The highest BCUT2D eigenvalue weighted by Crippen LogP contribution is 2.06. The van der Waals surface area contributed by atoms with E-state index in [1.54, 1.807) is 11.3 Å². The van der Waals surface area contributed by atoms with Gasteiger partial charge in [-0.15, -0.1) is 17.9 Å². The molecule has 0 fully saturated rings. The molecule has 0 saturated carbocycles. The molecule has 0 aliphatic heterocycles. The summed E-state index contributed by atoms with van der Waals surface area (Å²) in [6.45, 7) is 7.51. The fourth-order valence-electron chi connectivity index (χ4n) is 1.01. The monoisotopic (exact) mass is 196 g/mol. The number of hydrogen-bond donors (Lipinski definition) is 2. The average Bonchev–Trinajstić information content (AvgIpc) is 2.63. The molecule has 72 valence electrons. The SMILES string of the molecule is C=CCNCCNCc1cccs1. The van der Waals surface area contributed by atoms with Gasteiger partial charge < -0.3 is 10.6 Å². The molecule has 0 atom stereocenters. The van der Waals surface area contributed by atoms with Crippen LogP contribution in [0.5, 0.6) is 0 Å². The summed E-state index contributed by atoms with van der Waals surface area (Å²) in [5, 5.41) is 8.70. The summed E-state index contributed by atoms with van der Waals surface area (Å²) >= 11 is 1.79. The van der Waals surface area contributed by atoms with Gasteiger partial charge >= 0.3 is 0 Å². The summed E-state index contributed by atoms with van der Waals surface area (Å²) in [6.07, 6.45) is 1.87. The van der Waals surface area contributed by atoms with Crippen LogP contribution in [-0.2, 0) is 6.54 Å². The van der Waals surface area contributed by atoms with Crippen molar-refractivity contribution in [2.24, 2.45) is 0 Å². The van der Waals surface area contributed by atoms with Crippen molar-refractivity contribution in [1.82, 2.24) is 10.6 Å². The molecule has 1 aromatic heterocycles. The van der Waals surface area contributed by atoms with E-state index in [4.69, 9.17) is 0 Å². The summed E-state index contributed by atoms with van der Waals surface area (Å²) in [4.78, 5) is 1.39. The highest BCUT2D eigenvalue weighted by molar-refractivity contribution is 7.09. The normalized spacial score (nSPS) is 10.2. The lowest BCUT2D eigenvalue weighted by Crippen LogP contribution is -2.26. The second-order valence-electron chi connectivity index (χ2n) is 2.75. The van der Waals surface area contributed by atoms with Crippen LogP contribution in [0, 0.1) is 0 Å². The van der Waals surface area contributed by atoms with Crippen molar-refractivity contribution in [3.8, 4) is 0 Å². The zero-order valence-corrected chi connectivity index (χ0v) is 8.57. The predicted molar refractivity (Wildman–Crippen MR) is 59.1 cm³/mol. The molecular weight excluding hydrogens is 180 g/mol. The molecular formula is C10H16N2S. The van der Waals surface area contributed by atoms with Gasteiger partial charge in [0.05, 0.1) is 0 Å². The largest absolute Gasteiger partial charge is 0.312 e. The highest BCUT2D eigenvalue weighted by atomic mass is 32.1. The average molecular weight is 196 g/mol. The molecule has 0 spiro atoms. The van der Waals surface area contributed by atoms with E-state index in [1.807, 2.05) is 6.08 Å². The van der Waals surface area contributed by atoms with Crippen LogP contribution in [0.2, 0.25) is 0 Å². The van der Waals surface area contributed by atoms with Gasteiger partial charge in [-0.1, -0.05) is 12.1 Å². The van der Waals surface area contributed by atoms with Crippen molar-refractivity contribution in [3.63, 3.8) is 0 Å². The van der Waals surface area contributed by atoms with E-state index >= 15 is 0 Å². The molecule has 0 aromatic carbocycles. The minimum Gasteiger partial charge on any atom is -0.312 e.